The zero-order chi connectivity index (χ0) is 15.9. The van der Waals surface area contributed by atoms with Crippen molar-refractivity contribution in [1.82, 2.24) is 0 Å². The molecule has 0 bridgehead atoms. The number of benzene rings is 3. The third-order valence-electron chi connectivity index (χ3n) is 2.85. The van der Waals surface area contributed by atoms with Crippen LogP contribution in [0.25, 0.3) is 11.1 Å². The van der Waals surface area contributed by atoms with Crippen LogP contribution in [0.1, 0.15) is 0 Å². The molecule has 112 valence electrons. The van der Waals surface area contributed by atoms with E-state index in [-0.39, 0.29) is 0 Å². The van der Waals surface area contributed by atoms with Crippen molar-refractivity contribution < 1.29 is 18.3 Å². The summed E-state index contributed by atoms with van der Waals surface area (Å²) >= 11 is 0. The van der Waals surface area contributed by atoms with Crippen LogP contribution >= 0.6 is 0 Å². The molecule has 3 aromatic rings. The molecule has 0 amide bonds. The predicted octanol–water partition coefficient (Wildman–Crippen LogP) is 5.16. The van der Waals surface area contributed by atoms with Gasteiger partial charge in [0.2, 0.25) is 0 Å². The van der Waals surface area contributed by atoms with Crippen LogP contribution in [0, 0.1) is 17.5 Å². The average molecular weight is 302 g/mol. The summed E-state index contributed by atoms with van der Waals surface area (Å²) in [5.41, 5.74) is 0.974. The Hall–Kier alpha value is -2.75. The lowest BCUT2D eigenvalue weighted by Gasteiger charge is -2.02. The van der Waals surface area contributed by atoms with Crippen molar-refractivity contribution in [2.24, 2.45) is 0 Å². The molecular weight excluding hydrogens is 289 g/mol. The molecule has 22 heavy (non-hydrogen) atoms. The van der Waals surface area contributed by atoms with E-state index in [0.29, 0.717) is 16.9 Å². The van der Waals surface area contributed by atoms with Gasteiger partial charge in [0.25, 0.3) is 0 Å². The second kappa shape index (κ2) is 7.31. The maximum Gasteiger partial charge on any atom is 0.194 e. The van der Waals surface area contributed by atoms with Crippen molar-refractivity contribution in [2.45, 2.75) is 0 Å². The Kier molecular flexibility index (Phi) is 5.20. The topological polar surface area (TPSA) is 20.2 Å². The summed E-state index contributed by atoms with van der Waals surface area (Å²) in [5.74, 6) is -3.46. The number of para-hydroxylation sites is 1. The van der Waals surface area contributed by atoms with Crippen molar-refractivity contribution in [2.75, 3.05) is 0 Å². The summed E-state index contributed by atoms with van der Waals surface area (Å²) in [6, 6.07) is 19.4. The number of phenols is 1. The second-order valence-corrected chi connectivity index (χ2v) is 4.46. The van der Waals surface area contributed by atoms with Crippen LogP contribution < -0.4 is 0 Å². The van der Waals surface area contributed by atoms with E-state index in [1.165, 1.54) is 0 Å². The minimum absolute atomic E-state index is 0.322. The molecule has 1 N–H and O–H groups in total. The Bertz CT molecular complexity index is 705. The summed E-state index contributed by atoms with van der Waals surface area (Å²) in [5, 5.41) is 8.63. The molecule has 0 unspecified atom stereocenters. The van der Waals surface area contributed by atoms with E-state index in [1.54, 1.807) is 54.6 Å². The first-order chi connectivity index (χ1) is 10.6. The monoisotopic (exact) mass is 302 g/mol. The normalized spacial score (nSPS) is 9.77. The molecule has 0 fully saturated rings. The van der Waals surface area contributed by atoms with Crippen molar-refractivity contribution in [3.8, 4) is 16.9 Å². The Labute approximate surface area is 126 Å². The van der Waals surface area contributed by atoms with Crippen molar-refractivity contribution in [3.63, 3.8) is 0 Å². The molecule has 3 aromatic carbocycles. The van der Waals surface area contributed by atoms with Gasteiger partial charge in [0, 0.05) is 0 Å². The Balaban J connectivity index is 0.000000211. The molecule has 0 aliphatic carbocycles. The number of aromatic hydroxyl groups is 1. The first-order valence-corrected chi connectivity index (χ1v) is 6.52. The average Bonchev–Trinajstić information content (AvgIpc) is 2.54. The molecule has 0 aliphatic heterocycles. The SMILES string of the molecule is Fc1cc(-c2ccccc2)cc(F)c1F.Oc1ccccc1. The standard InChI is InChI=1S/C12H7F3.C6H6O/c13-10-6-9(7-11(14)12(10)15)8-4-2-1-3-5-8;7-6-4-2-1-3-5-6/h1-7H;1-5,7H. The van der Waals surface area contributed by atoms with Gasteiger partial charge in [-0.25, -0.2) is 13.2 Å². The van der Waals surface area contributed by atoms with Gasteiger partial charge < -0.3 is 5.11 Å². The summed E-state index contributed by atoms with van der Waals surface area (Å²) in [6.07, 6.45) is 0. The van der Waals surface area contributed by atoms with Crippen molar-refractivity contribution in [1.29, 1.82) is 0 Å². The van der Waals surface area contributed by atoms with Gasteiger partial charge in [-0.1, -0.05) is 48.5 Å². The highest BCUT2D eigenvalue weighted by Gasteiger charge is 2.10. The van der Waals surface area contributed by atoms with Crippen LogP contribution in [-0.4, -0.2) is 5.11 Å². The van der Waals surface area contributed by atoms with E-state index in [4.69, 9.17) is 5.11 Å². The molecule has 0 atom stereocenters. The highest BCUT2D eigenvalue weighted by molar-refractivity contribution is 5.63. The fraction of sp³-hybridized carbons (Fsp3) is 0. The minimum Gasteiger partial charge on any atom is -0.508 e. The molecule has 0 heterocycles. The van der Waals surface area contributed by atoms with Gasteiger partial charge in [-0.2, -0.15) is 0 Å². The van der Waals surface area contributed by atoms with Gasteiger partial charge in [0.1, 0.15) is 5.75 Å². The third kappa shape index (κ3) is 4.12. The first-order valence-electron chi connectivity index (χ1n) is 6.52. The van der Waals surface area contributed by atoms with Crippen molar-refractivity contribution in [3.05, 3.63) is 90.2 Å². The molecule has 0 spiro atoms. The predicted molar refractivity (Wildman–Crippen MR) is 79.9 cm³/mol. The fourth-order valence-electron chi connectivity index (χ4n) is 1.78. The number of phenolic OH excluding ortho intramolecular Hbond substituents is 1. The molecule has 3 rings (SSSR count). The summed E-state index contributed by atoms with van der Waals surface area (Å²) in [6.45, 7) is 0. The van der Waals surface area contributed by atoms with Crippen molar-refractivity contribution >= 4 is 0 Å². The lowest BCUT2D eigenvalue weighted by molar-refractivity contribution is 0.448. The van der Waals surface area contributed by atoms with E-state index in [2.05, 4.69) is 0 Å². The smallest absolute Gasteiger partial charge is 0.194 e. The summed E-state index contributed by atoms with van der Waals surface area (Å²) in [7, 11) is 0. The van der Waals surface area contributed by atoms with Crippen LogP contribution in [0.5, 0.6) is 5.75 Å². The van der Waals surface area contributed by atoms with Gasteiger partial charge in [0.15, 0.2) is 17.5 Å². The maximum atomic E-state index is 12.9. The number of rotatable bonds is 1. The molecule has 0 saturated carbocycles. The van der Waals surface area contributed by atoms with Gasteiger partial charge in [0.05, 0.1) is 0 Å². The van der Waals surface area contributed by atoms with Gasteiger partial charge >= 0.3 is 0 Å². The molecular formula is C18H13F3O. The minimum atomic E-state index is -1.44. The summed E-state index contributed by atoms with van der Waals surface area (Å²) in [4.78, 5) is 0. The van der Waals surface area contributed by atoms with E-state index in [0.717, 1.165) is 12.1 Å². The fourth-order valence-corrected chi connectivity index (χ4v) is 1.78. The van der Waals surface area contributed by atoms with Gasteiger partial charge in [-0.05, 0) is 35.4 Å². The van der Waals surface area contributed by atoms with E-state index in [9.17, 15) is 13.2 Å². The van der Waals surface area contributed by atoms with Crippen LogP contribution in [0.3, 0.4) is 0 Å². The highest BCUT2D eigenvalue weighted by atomic mass is 19.2. The molecule has 0 saturated heterocycles. The zero-order valence-corrected chi connectivity index (χ0v) is 11.5. The maximum absolute atomic E-state index is 12.9. The summed E-state index contributed by atoms with van der Waals surface area (Å²) < 4.78 is 38.5. The Morgan fingerprint density at radius 1 is 0.591 bits per heavy atom. The highest BCUT2D eigenvalue weighted by Crippen LogP contribution is 2.23. The molecule has 4 heteroatoms. The lowest BCUT2D eigenvalue weighted by Crippen LogP contribution is -1.91. The number of hydrogen-bond donors (Lipinski definition) is 1. The van der Waals surface area contributed by atoms with E-state index >= 15 is 0 Å². The number of hydrogen-bond acceptors (Lipinski definition) is 1. The Morgan fingerprint density at radius 2 is 1.05 bits per heavy atom. The van der Waals surface area contributed by atoms with E-state index in [1.807, 2.05) is 6.07 Å². The number of halogens is 3. The largest absolute Gasteiger partial charge is 0.508 e. The molecule has 0 aromatic heterocycles. The zero-order valence-electron chi connectivity index (χ0n) is 11.5. The third-order valence-corrected chi connectivity index (χ3v) is 2.85. The van der Waals surface area contributed by atoms with Crippen LogP contribution in [-0.2, 0) is 0 Å². The first kappa shape index (κ1) is 15.6. The Morgan fingerprint density at radius 3 is 1.45 bits per heavy atom. The van der Waals surface area contributed by atoms with Gasteiger partial charge in [-0.15, -0.1) is 0 Å². The molecule has 1 nitrogen and oxygen atoms in total. The quantitative estimate of drug-likeness (QED) is 0.615. The molecule has 0 aliphatic rings. The van der Waals surface area contributed by atoms with Crippen LogP contribution in [0.2, 0.25) is 0 Å². The van der Waals surface area contributed by atoms with Gasteiger partial charge in [-0.3, -0.25) is 0 Å². The lowest BCUT2D eigenvalue weighted by atomic mass is 10.1. The van der Waals surface area contributed by atoms with E-state index < -0.39 is 17.5 Å². The van der Waals surface area contributed by atoms with Crippen LogP contribution in [0.15, 0.2) is 72.8 Å². The second-order valence-electron chi connectivity index (χ2n) is 4.46. The molecule has 0 radical (unpaired) electrons. The van der Waals surface area contributed by atoms with Crippen LogP contribution in [0.4, 0.5) is 13.2 Å².